The van der Waals surface area contributed by atoms with Crippen molar-refractivity contribution in [2.75, 3.05) is 19.5 Å². The second kappa shape index (κ2) is 8.35. The minimum Gasteiger partial charge on any atom is -0.465 e. The molecular formula is C20H21NO5S. The Hall–Kier alpha value is -2.67. The molecule has 27 heavy (non-hydrogen) atoms. The minimum absolute atomic E-state index is 0.165. The SMILES string of the molecule is COC(=O)c1cc(NC(=O)c2cc3c(s2)CCCCC3)cc(C(=O)OC)c1. The van der Waals surface area contributed by atoms with Crippen molar-refractivity contribution < 1.29 is 23.9 Å². The van der Waals surface area contributed by atoms with Gasteiger partial charge in [0, 0.05) is 10.6 Å². The van der Waals surface area contributed by atoms with Gasteiger partial charge in [-0.2, -0.15) is 0 Å². The van der Waals surface area contributed by atoms with E-state index in [1.54, 1.807) is 0 Å². The van der Waals surface area contributed by atoms with Crippen molar-refractivity contribution in [1.82, 2.24) is 0 Å². The maximum Gasteiger partial charge on any atom is 0.337 e. The van der Waals surface area contributed by atoms with Crippen LogP contribution < -0.4 is 5.32 Å². The highest BCUT2D eigenvalue weighted by Gasteiger charge is 2.19. The molecule has 0 saturated heterocycles. The summed E-state index contributed by atoms with van der Waals surface area (Å²) < 4.78 is 9.43. The lowest BCUT2D eigenvalue weighted by atomic mass is 10.1. The van der Waals surface area contributed by atoms with Crippen LogP contribution >= 0.6 is 11.3 Å². The van der Waals surface area contributed by atoms with Gasteiger partial charge >= 0.3 is 11.9 Å². The van der Waals surface area contributed by atoms with Crippen molar-refractivity contribution in [3.63, 3.8) is 0 Å². The van der Waals surface area contributed by atoms with E-state index in [2.05, 4.69) is 5.32 Å². The average Bonchev–Trinajstić information content (AvgIpc) is 2.97. The number of nitrogens with one attached hydrogen (secondary N) is 1. The van der Waals surface area contributed by atoms with Crippen LogP contribution in [0.4, 0.5) is 5.69 Å². The molecule has 1 aliphatic rings. The molecule has 6 nitrogen and oxygen atoms in total. The molecule has 1 N–H and O–H groups in total. The number of anilines is 1. The number of thiophene rings is 1. The highest BCUT2D eigenvalue weighted by molar-refractivity contribution is 7.14. The molecule has 0 radical (unpaired) electrons. The van der Waals surface area contributed by atoms with E-state index in [4.69, 9.17) is 9.47 Å². The van der Waals surface area contributed by atoms with Crippen LogP contribution in [0.15, 0.2) is 24.3 Å². The van der Waals surface area contributed by atoms with Crippen LogP contribution in [0.1, 0.15) is 60.1 Å². The molecule has 7 heteroatoms. The Morgan fingerprint density at radius 2 is 1.52 bits per heavy atom. The molecule has 0 bridgehead atoms. The third-order valence-corrected chi connectivity index (χ3v) is 5.74. The minimum atomic E-state index is -0.598. The van der Waals surface area contributed by atoms with Gasteiger partial charge in [0.2, 0.25) is 0 Å². The largest absolute Gasteiger partial charge is 0.465 e. The molecule has 142 valence electrons. The fourth-order valence-electron chi connectivity index (χ4n) is 3.14. The summed E-state index contributed by atoms with van der Waals surface area (Å²) in [5.74, 6) is -1.45. The Morgan fingerprint density at radius 3 is 2.15 bits per heavy atom. The summed E-state index contributed by atoms with van der Waals surface area (Å²) in [5, 5.41) is 2.78. The highest BCUT2D eigenvalue weighted by atomic mass is 32.1. The van der Waals surface area contributed by atoms with Crippen LogP contribution in [-0.4, -0.2) is 32.1 Å². The predicted octanol–water partition coefficient (Wildman–Crippen LogP) is 3.84. The fourth-order valence-corrected chi connectivity index (χ4v) is 4.29. The lowest BCUT2D eigenvalue weighted by Crippen LogP contribution is -2.13. The van der Waals surface area contributed by atoms with Gasteiger partial charge in [-0.25, -0.2) is 9.59 Å². The maximum atomic E-state index is 12.7. The third kappa shape index (κ3) is 4.36. The van der Waals surface area contributed by atoms with Crippen molar-refractivity contribution in [2.45, 2.75) is 32.1 Å². The predicted molar refractivity (Wildman–Crippen MR) is 103 cm³/mol. The summed E-state index contributed by atoms with van der Waals surface area (Å²) in [7, 11) is 2.51. The molecular weight excluding hydrogens is 366 g/mol. The Morgan fingerprint density at radius 1 is 0.889 bits per heavy atom. The van der Waals surface area contributed by atoms with Crippen LogP contribution in [-0.2, 0) is 22.3 Å². The monoisotopic (exact) mass is 387 g/mol. The second-order valence-corrected chi connectivity index (χ2v) is 7.49. The molecule has 0 atom stereocenters. The maximum absolute atomic E-state index is 12.7. The lowest BCUT2D eigenvalue weighted by molar-refractivity contribution is 0.0599. The summed E-state index contributed by atoms with van der Waals surface area (Å²) in [6.45, 7) is 0. The summed E-state index contributed by atoms with van der Waals surface area (Å²) in [4.78, 5) is 38.3. The van der Waals surface area contributed by atoms with Gasteiger partial charge in [0.25, 0.3) is 5.91 Å². The first-order chi connectivity index (χ1) is 13.0. The first kappa shape index (κ1) is 19.1. The number of hydrogen-bond acceptors (Lipinski definition) is 6. The zero-order chi connectivity index (χ0) is 19.4. The van der Waals surface area contributed by atoms with E-state index in [0.29, 0.717) is 10.6 Å². The van der Waals surface area contributed by atoms with Crippen LogP contribution in [0.2, 0.25) is 0 Å². The summed E-state index contributed by atoms with van der Waals surface area (Å²) in [5.41, 5.74) is 1.92. The van der Waals surface area contributed by atoms with Gasteiger partial charge in [0.05, 0.1) is 30.2 Å². The first-order valence-corrected chi connectivity index (χ1v) is 9.58. The zero-order valence-corrected chi connectivity index (χ0v) is 16.1. The summed E-state index contributed by atoms with van der Waals surface area (Å²) >= 11 is 1.51. The quantitative estimate of drug-likeness (QED) is 0.637. The number of rotatable bonds is 4. The van der Waals surface area contributed by atoms with Gasteiger partial charge in [-0.05, 0) is 55.5 Å². The number of carbonyl (C=O) groups is 3. The smallest absolute Gasteiger partial charge is 0.337 e. The second-order valence-electron chi connectivity index (χ2n) is 6.36. The molecule has 1 amide bonds. The number of methoxy groups -OCH3 is 2. The van der Waals surface area contributed by atoms with E-state index < -0.39 is 11.9 Å². The Kier molecular flexibility index (Phi) is 5.91. The standard InChI is InChI=1S/C20H21NO5S/c1-25-19(23)13-8-14(20(24)26-2)10-15(9-13)21-18(22)17-11-12-6-4-3-5-7-16(12)27-17/h8-11H,3-7H2,1-2H3,(H,21,22). The lowest BCUT2D eigenvalue weighted by Gasteiger charge is -2.09. The molecule has 1 aromatic heterocycles. The molecule has 2 aromatic rings. The van der Waals surface area contributed by atoms with Gasteiger partial charge in [-0.15, -0.1) is 11.3 Å². The topological polar surface area (TPSA) is 81.7 Å². The number of aryl methyl sites for hydroxylation is 2. The van der Waals surface area contributed by atoms with E-state index in [1.807, 2.05) is 6.07 Å². The van der Waals surface area contributed by atoms with Gasteiger partial charge < -0.3 is 14.8 Å². The van der Waals surface area contributed by atoms with Gasteiger partial charge in [0.1, 0.15) is 0 Å². The summed E-state index contributed by atoms with van der Waals surface area (Å²) in [6.07, 6.45) is 5.53. The number of benzene rings is 1. The van der Waals surface area contributed by atoms with Crippen molar-refractivity contribution in [3.8, 4) is 0 Å². The Labute approximate surface area is 161 Å². The molecule has 3 rings (SSSR count). The molecule has 0 fully saturated rings. The molecule has 0 unspecified atom stereocenters. The molecule has 1 aromatic carbocycles. The van der Waals surface area contributed by atoms with Gasteiger partial charge in [-0.3, -0.25) is 4.79 Å². The van der Waals surface area contributed by atoms with Crippen LogP contribution in [0, 0.1) is 0 Å². The summed E-state index contributed by atoms with van der Waals surface area (Å²) in [6, 6.07) is 6.29. The van der Waals surface area contributed by atoms with Crippen LogP contribution in [0.3, 0.4) is 0 Å². The van der Waals surface area contributed by atoms with E-state index in [1.165, 1.54) is 60.6 Å². The molecule has 1 heterocycles. The molecule has 1 aliphatic carbocycles. The molecule has 0 aliphatic heterocycles. The van der Waals surface area contributed by atoms with Crippen molar-refractivity contribution in [3.05, 3.63) is 50.7 Å². The fraction of sp³-hybridized carbons (Fsp3) is 0.350. The van der Waals surface area contributed by atoms with Gasteiger partial charge in [-0.1, -0.05) is 6.42 Å². The third-order valence-electron chi connectivity index (χ3n) is 4.50. The molecule has 0 saturated carbocycles. The van der Waals surface area contributed by atoms with Crippen molar-refractivity contribution in [2.24, 2.45) is 0 Å². The van der Waals surface area contributed by atoms with Crippen molar-refractivity contribution in [1.29, 1.82) is 0 Å². The van der Waals surface area contributed by atoms with E-state index in [9.17, 15) is 14.4 Å². The number of hydrogen-bond donors (Lipinski definition) is 1. The Balaban J connectivity index is 1.86. The van der Waals surface area contributed by atoms with E-state index in [-0.39, 0.29) is 17.0 Å². The van der Waals surface area contributed by atoms with E-state index in [0.717, 1.165) is 25.7 Å². The number of amides is 1. The number of carbonyl (C=O) groups excluding carboxylic acids is 3. The van der Waals surface area contributed by atoms with E-state index >= 15 is 0 Å². The normalized spacial score (nSPS) is 13.3. The first-order valence-electron chi connectivity index (χ1n) is 8.76. The number of ether oxygens (including phenoxy) is 2. The highest BCUT2D eigenvalue weighted by Crippen LogP contribution is 2.29. The van der Waals surface area contributed by atoms with Crippen LogP contribution in [0.25, 0.3) is 0 Å². The number of fused-ring (bicyclic) bond motifs is 1. The average molecular weight is 387 g/mol. The molecule has 0 spiro atoms. The number of esters is 2. The zero-order valence-electron chi connectivity index (χ0n) is 15.3. The van der Waals surface area contributed by atoms with Crippen LogP contribution in [0.5, 0.6) is 0 Å². The van der Waals surface area contributed by atoms with Gasteiger partial charge in [0.15, 0.2) is 0 Å². The Bertz CT molecular complexity index is 829. The van der Waals surface area contributed by atoms with Crippen molar-refractivity contribution >= 4 is 34.9 Å².